The van der Waals surface area contributed by atoms with Crippen LogP contribution in [0.5, 0.6) is 5.75 Å². The van der Waals surface area contributed by atoms with Crippen LogP contribution in [0.3, 0.4) is 0 Å². The highest BCUT2D eigenvalue weighted by molar-refractivity contribution is 5.90. The molecule has 0 radical (unpaired) electrons. The number of hydrogen-bond donors (Lipinski definition) is 2. The fourth-order valence-electron chi connectivity index (χ4n) is 3.73. The molecule has 2 N–H and O–H groups in total. The second-order valence-electron chi connectivity index (χ2n) is 7.03. The van der Waals surface area contributed by atoms with Gasteiger partial charge in [0.1, 0.15) is 5.75 Å². The Morgan fingerprint density at radius 1 is 1.32 bits per heavy atom. The van der Waals surface area contributed by atoms with Crippen molar-refractivity contribution in [1.82, 2.24) is 19.7 Å². The van der Waals surface area contributed by atoms with E-state index in [4.69, 9.17) is 9.84 Å². The van der Waals surface area contributed by atoms with E-state index in [-0.39, 0.29) is 17.5 Å². The van der Waals surface area contributed by atoms with Gasteiger partial charge in [0, 0.05) is 36.4 Å². The van der Waals surface area contributed by atoms with Crippen LogP contribution >= 0.6 is 0 Å². The molecule has 1 aliphatic heterocycles. The molecule has 2 aromatic heterocycles. The van der Waals surface area contributed by atoms with E-state index in [9.17, 15) is 9.59 Å². The van der Waals surface area contributed by atoms with Crippen molar-refractivity contribution in [2.75, 3.05) is 20.2 Å². The average molecular weight is 382 g/mol. The molecular weight excluding hydrogens is 360 g/mol. The van der Waals surface area contributed by atoms with Gasteiger partial charge in [0.15, 0.2) is 0 Å². The number of aromatic nitrogens is 3. The van der Waals surface area contributed by atoms with E-state index in [1.807, 2.05) is 29.3 Å². The van der Waals surface area contributed by atoms with E-state index in [2.05, 4.69) is 10.1 Å². The number of nitrogens with zero attached hydrogens (tertiary/aromatic N) is 3. The lowest BCUT2D eigenvalue weighted by atomic mass is 10.0. The Balaban J connectivity index is 1.39. The molecule has 3 aromatic rings. The number of aromatic amines is 1. The number of ether oxygens (including phenoxy) is 1. The lowest BCUT2D eigenvalue weighted by Crippen LogP contribution is -2.39. The quantitative estimate of drug-likeness (QED) is 0.706. The summed E-state index contributed by atoms with van der Waals surface area (Å²) in [4.78, 5) is 28.9. The maximum absolute atomic E-state index is 12.8. The maximum atomic E-state index is 12.8. The number of methoxy groups -OCH3 is 1. The molecule has 3 heterocycles. The fraction of sp³-hybridized carbons (Fsp3) is 0.350. The summed E-state index contributed by atoms with van der Waals surface area (Å²) in [6, 6.07) is 5.90. The van der Waals surface area contributed by atoms with Gasteiger partial charge in [-0.05, 0) is 36.6 Å². The first-order valence-electron chi connectivity index (χ1n) is 9.24. The van der Waals surface area contributed by atoms with Crippen molar-refractivity contribution in [3.8, 4) is 5.75 Å². The topological polar surface area (TPSA) is 100 Å². The first-order chi connectivity index (χ1) is 13.5. The number of amides is 1. The molecule has 0 aliphatic carbocycles. The van der Waals surface area contributed by atoms with Crippen molar-refractivity contribution in [2.24, 2.45) is 0 Å². The highest BCUT2D eigenvalue weighted by Crippen LogP contribution is 2.26. The van der Waals surface area contributed by atoms with Gasteiger partial charge in [-0.1, -0.05) is 0 Å². The third-order valence-electron chi connectivity index (χ3n) is 5.36. The van der Waals surface area contributed by atoms with Gasteiger partial charge in [-0.15, -0.1) is 0 Å². The molecule has 1 aliphatic rings. The Bertz CT molecular complexity index is 1010. The van der Waals surface area contributed by atoms with Crippen LogP contribution in [0, 0.1) is 0 Å². The van der Waals surface area contributed by atoms with Gasteiger partial charge in [0.05, 0.1) is 31.3 Å². The van der Waals surface area contributed by atoms with E-state index < -0.39 is 5.97 Å². The summed E-state index contributed by atoms with van der Waals surface area (Å²) in [5.74, 6) is -0.121. The molecule has 0 bridgehead atoms. The largest absolute Gasteiger partial charge is 0.497 e. The van der Waals surface area contributed by atoms with Crippen LogP contribution in [0.25, 0.3) is 10.9 Å². The first kappa shape index (κ1) is 18.1. The molecule has 1 aromatic carbocycles. The van der Waals surface area contributed by atoms with Gasteiger partial charge in [-0.25, -0.2) is 4.79 Å². The highest BCUT2D eigenvalue weighted by Gasteiger charge is 2.25. The van der Waals surface area contributed by atoms with Gasteiger partial charge in [0.25, 0.3) is 0 Å². The number of likely N-dealkylation sites (tertiary alicyclic amines) is 1. The number of rotatable bonds is 5. The average Bonchev–Trinajstić information content (AvgIpc) is 3.35. The second-order valence-corrected chi connectivity index (χ2v) is 7.03. The molecule has 1 amide bonds. The van der Waals surface area contributed by atoms with Crippen LogP contribution in [-0.4, -0.2) is 56.8 Å². The van der Waals surface area contributed by atoms with Crippen molar-refractivity contribution in [3.63, 3.8) is 0 Å². The Morgan fingerprint density at radius 3 is 2.79 bits per heavy atom. The SMILES string of the molecule is COc1ccc2[nH]cc(CC(=O)N3CCC(n4cc(C(=O)O)cn4)CC3)c2c1. The van der Waals surface area contributed by atoms with E-state index in [0.717, 1.165) is 35.1 Å². The summed E-state index contributed by atoms with van der Waals surface area (Å²) in [5.41, 5.74) is 2.13. The third-order valence-corrected chi connectivity index (χ3v) is 5.36. The number of carboxylic acids is 1. The predicted octanol–water partition coefficient (Wildman–Crippen LogP) is 2.48. The van der Waals surface area contributed by atoms with E-state index in [1.165, 1.54) is 6.20 Å². The molecular formula is C20H22N4O4. The molecule has 0 atom stereocenters. The minimum absolute atomic E-state index is 0.0915. The number of carbonyl (C=O) groups excluding carboxylic acids is 1. The molecule has 0 spiro atoms. The molecule has 1 saturated heterocycles. The van der Waals surface area contributed by atoms with Crippen molar-refractivity contribution < 1.29 is 19.4 Å². The predicted molar refractivity (Wildman–Crippen MR) is 103 cm³/mol. The molecule has 8 heteroatoms. The number of carboxylic acid groups (broad SMARTS) is 1. The van der Waals surface area contributed by atoms with E-state index >= 15 is 0 Å². The van der Waals surface area contributed by atoms with Crippen LogP contribution in [0.2, 0.25) is 0 Å². The number of nitrogens with one attached hydrogen (secondary N) is 1. The minimum atomic E-state index is -0.978. The Kier molecular flexibility index (Phi) is 4.77. The second kappa shape index (κ2) is 7.38. The van der Waals surface area contributed by atoms with Gasteiger partial charge in [-0.3, -0.25) is 9.48 Å². The zero-order chi connectivity index (χ0) is 19.7. The summed E-state index contributed by atoms with van der Waals surface area (Å²) >= 11 is 0. The zero-order valence-corrected chi connectivity index (χ0v) is 15.6. The third kappa shape index (κ3) is 3.45. The first-order valence-corrected chi connectivity index (χ1v) is 9.24. The highest BCUT2D eigenvalue weighted by atomic mass is 16.5. The number of benzene rings is 1. The Hall–Kier alpha value is -3.29. The molecule has 1 fully saturated rings. The van der Waals surface area contributed by atoms with E-state index in [0.29, 0.717) is 19.5 Å². The normalized spacial score (nSPS) is 15.1. The van der Waals surface area contributed by atoms with Gasteiger partial charge < -0.3 is 19.7 Å². The van der Waals surface area contributed by atoms with Gasteiger partial charge >= 0.3 is 5.97 Å². The van der Waals surface area contributed by atoms with Crippen LogP contribution in [0.4, 0.5) is 0 Å². The molecule has 0 saturated carbocycles. The Labute approximate surface area is 161 Å². The molecule has 4 rings (SSSR count). The van der Waals surface area contributed by atoms with Crippen LogP contribution in [-0.2, 0) is 11.2 Å². The summed E-state index contributed by atoms with van der Waals surface area (Å²) in [6.07, 6.45) is 6.66. The number of aromatic carboxylic acids is 1. The summed E-state index contributed by atoms with van der Waals surface area (Å²) < 4.78 is 6.99. The minimum Gasteiger partial charge on any atom is -0.497 e. The number of piperidine rings is 1. The van der Waals surface area contributed by atoms with Crippen LogP contribution < -0.4 is 4.74 Å². The monoisotopic (exact) mass is 382 g/mol. The van der Waals surface area contributed by atoms with Gasteiger partial charge in [-0.2, -0.15) is 5.10 Å². The maximum Gasteiger partial charge on any atom is 0.338 e. The van der Waals surface area contributed by atoms with Crippen molar-refractivity contribution in [3.05, 3.63) is 47.9 Å². The number of hydrogen-bond acceptors (Lipinski definition) is 4. The molecule has 0 unspecified atom stereocenters. The molecule has 8 nitrogen and oxygen atoms in total. The summed E-state index contributed by atoms with van der Waals surface area (Å²) in [5, 5.41) is 14.2. The fourth-order valence-corrected chi connectivity index (χ4v) is 3.73. The number of fused-ring (bicyclic) bond motifs is 1. The molecule has 146 valence electrons. The molecule has 28 heavy (non-hydrogen) atoms. The Morgan fingerprint density at radius 2 is 2.11 bits per heavy atom. The van der Waals surface area contributed by atoms with Crippen molar-refractivity contribution in [2.45, 2.75) is 25.3 Å². The van der Waals surface area contributed by atoms with Crippen molar-refractivity contribution >= 4 is 22.8 Å². The van der Waals surface area contributed by atoms with Gasteiger partial charge in [0.2, 0.25) is 5.91 Å². The van der Waals surface area contributed by atoms with Crippen LogP contribution in [0.1, 0.15) is 34.8 Å². The van der Waals surface area contributed by atoms with Crippen molar-refractivity contribution in [1.29, 1.82) is 0 Å². The smallest absolute Gasteiger partial charge is 0.338 e. The number of H-pyrrole nitrogens is 1. The standard InChI is InChI=1S/C20H22N4O4/c1-28-16-2-3-18-17(9-16)13(10-21-18)8-19(25)23-6-4-15(5-7-23)24-12-14(11-22-24)20(26)27/h2-3,9-12,15,21H,4-8H2,1H3,(H,26,27). The van der Waals surface area contributed by atoms with Crippen LogP contribution in [0.15, 0.2) is 36.8 Å². The lowest BCUT2D eigenvalue weighted by molar-refractivity contribution is -0.131. The summed E-state index contributed by atoms with van der Waals surface area (Å²) in [7, 11) is 1.63. The summed E-state index contributed by atoms with van der Waals surface area (Å²) in [6.45, 7) is 1.27. The number of carbonyl (C=O) groups is 2. The zero-order valence-electron chi connectivity index (χ0n) is 15.6. The van der Waals surface area contributed by atoms with E-state index in [1.54, 1.807) is 18.0 Å². The lowest BCUT2D eigenvalue weighted by Gasteiger charge is -2.32.